The third-order valence-corrected chi connectivity index (χ3v) is 4.82. The Morgan fingerprint density at radius 2 is 1.36 bits per heavy atom. The van der Waals surface area contributed by atoms with Crippen LogP contribution in [0.25, 0.3) is 0 Å². The van der Waals surface area contributed by atoms with E-state index in [0.717, 1.165) is 0 Å². The third-order valence-electron chi connectivity index (χ3n) is 4.82. The maximum absolute atomic E-state index is 3.86. The first-order valence-electron chi connectivity index (χ1n) is 9.57. The van der Waals surface area contributed by atoms with Crippen LogP contribution >= 0.6 is 0 Å². The van der Waals surface area contributed by atoms with Crippen LogP contribution in [0.5, 0.6) is 0 Å². The van der Waals surface area contributed by atoms with Gasteiger partial charge in [0.25, 0.3) is 0 Å². The largest absolute Gasteiger partial charge is 1.00 e. The smallest absolute Gasteiger partial charge is 0.152 e. The van der Waals surface area contributed by atoms with Crippen LogP contribution in [0.4, 0.5) is 0 Å². The van der Waals surface area contributed by atoms with Crippen molar-refractivity contribution in [3.8, 4) is 0 Å². The number of rotatable bonds is 14. The summed E-state index contributed by atoms with van der Waals surface area (Å²) in [5, 5.41) is 0. The molecule has 0 bridgehead atoms. The molecule has 0 aliphatic carbocycles. The minimum atomic E-state index is 0. The molecular weight excluding hydrogens is 336 g/mol. The normalized spacial score (nSPS) is 17.5. The Balaban J connectivity index is 0.00000441. The Bertz CT molecular complexity index is 246. The van der Waals surface area contributed by atoms with Crippen molar-refractivity contribution in [3.05, 3.63) is 12.8 Å². The van der Waals surface area contributed by atoms with Crippen LogP contribution in [0, 0.1) is 0 Å². The van der Waals surface area contributed by atoms with Gasteiger partial charge >= 0.3 is 0 Å². The number of nitrogens with one attached hydrogen (secondary N) is 1. The zero-order valence-corrected chi connectivity index (χ0v) is 16.5. The molecule has 1 rings (SSSR count). The Morgan fingerprint density at radius 1 is 0.864 bits per heavy atom. The average Bonchev–Trinajstić information content (AvgIpc) is 2.96. The summed E-state index contributed by atoms with van der Waals surface area (Å²) in [6.45, 7) is 11.2. The van der Waals surface area contributed by atoms with E-state index in [4.69, 9.17) is 0 Å². The van der Waals surface area contributed by atoms with Gasteiger partial charge in [-0.05, 0) is 19.0 Å². The summed E-state index contributed by atoms with van der Waals surface area (Å²) in [4.78, 5) is 4.09. The van der Waals surface area contributed by atoms with Gasteiger partial charge in [0, 0.05) is 0 Å². The number of unbranched alkanes of at least 4 members (excludes halogenated alkanes) is 11. The number of halogens is 1. The van der Waals surface area contributed by atoms with Crippen molar-refractivity contribution in [1.29, 1.82) is 0 Å². The summed E-state index contributed by atoms with van der Waals surface area (Å²) in [7, 11) is 0. The summed E-state index contributed by atoms with van der Waals surface area (Å²) in [5.74, 6) is 0. The molecule has 1 heterocycles. The van der Waals surface area contributed by atoms with E-state index in [1.165, 1.54) is 103 Å². The lowest BCUT2D eigenvalue weighted by Crippen LogP contribution is -3.10. The molecule has 1 aliphatic rings. The van der Waals surface area contributed by atoms with E-state index < -0.39 is 0 Å². The maximum atomic E-state index is 3.86. The van der Waals surface area contributed by atoms with Crippen molar-refractivity contribution in [2.24, 2.45) is 0 Å². The summed E-state index contributed by atoms with van der Waals surface area (Å²) >= 11 is 0. The Labute approximate surface area is 150 Å². The molecular formula is C19H39BrN2. The Hall–Kier alpha value is -0.0200. The van der Waals surface area contributed by atoms with E-state index in [1.54, 1.807) is 4.90 Å². The highest BCUT2D eigenvalue weighted by atomic mass is 79.9. The summed E-state index contributed by atoms with van der Waals surface area (Å²) < 4.78 is 0. The number of nitrogens with zero attached hydrogens (tertiary/aromatic N) is 1. The van der Waals surface area contributed by atoms with Crippen molar-refractivity contribution in [3.63, 3.8) is 0 Å². The first-order valence-corrected chi connectivity index (χ1v) is 9.57. The van der Waals surface area contributed by atoms with Crippen LogP contribution in [-0.4, -0.2) is 31.2 Å². The van der Waals surface area contributed by atoms with Crippen LogP contribution in [-0.2, 0) is 0 Å². The van der Waals surface area contributed by atoms with Crippen LogP contribution in [0.2, 0.25) is 0 Å². The second-order valence-electron chi connectivity index (χ2n) is 6.79. The van der Waals surface area contributed by atoms with Gasteiger partial charge in [-0.3, -0.25) is 0 Å². The van der Waals surface area contributed by atoms with Crippen molar-refractivity contribution in [2.45, 2.75) is 84.0 Å². The zero-order valence-electron chi connectivity index (χ0n) is 14.9. The lowest BCUT2D eigenvalue weighted by Gasteiger charge is -2.13. The summed E-state index contributed by atoms with van der Waals surface area (Å²) in [6.07, 6.45) is 19.4. The fraction of sp³-hybridized carbons (Fsp3) is 0.895. The Morgan fingerprint density at radius 3 is 1.82 bits per heavy atom. The molecule has 22 heavy (non-hydrogen) atoms. The van der Waals surface area contributed by atoms with Crippen LogP contribution in [0.3, 0.4) is 0 Å². The predicted octanol–water partition coefficient (Wildman–Crippen LogP) is 0.993. The third kappa shape index (κ3) is 11.5. The molecule has 0 aromatic rings. The molecule has 1 unspecified atom stereocenters. The fourth-order valence-electron chi connectivity index (χ4n) is 3.32. The number of hydrogen-bond acceptors (Lipinski definition) is 1. The van der Waals surface area contributed by atoms with Gasteiger partial charge in [0.1, 0.15) is 0 Å². The van der Waals surface area contributed by atoms with Gasteiger partial charge in [-0.1, -0.05) is 77.7 Å². The minimum Gasteiger partial charge on any atom is -1.00 e. The van der Waals surface area contributed by atoms with Crippen LogP contribution in [0.15, 0.2) is 12.8 Å². The molecule has 2 nitrogen and oxygen atoms in total. The number of hydrogen-bond donors (Lipinski definition) is 1. The van der Waals surface area contributed by atoms with E-state index in [0.29, 0.717) is 0 Å². The minimum absolute atomic E-state index is 0. The molecule has 1 saturated heterocycles. The van der Waals surface area contributed by atoms with E-state index in [2.05, 4.69) is 18.4 Å². The van der Waals surface area contributed by atoms with Gasteiger partial charge in [0.15, 0.2) is 6.67 Å². The van der Waals surface area contributed by atoms with E-state index >= 15 is 0 Å². The monoisotopic (exact) mass is 374 g/mol. The molecule has 0 radical (unpaired) electrons. The molecule has 0 aromatic heterocycles. The Kier molecular flexibility index (Phi) is 15.8. The maximum Gasteiger partial charge on any atom is 0.152 e. The molecule has 1 atom stereocenters. The summed E-state index contributed by atoms with van der Waals surface area (Å²) in [6, 6.07) is 0. The van der Waals surface area contributed by atoms with Crippen LogP contribution in [0.1, 0.15) is 84.0 Å². The van der Waals surface area contributed by atoms with E-state index in [9.17, 15) is 0 Å². The molecule has 0 saturated carbocycles. The van der Waals surface area contributed by atoms with Crippen molar-refractivity contribution in [1.82, 2.24) is 4.90 Å². The second kappa shape index (κ2) is 15.9. The van der Waals surface area contributed by atoms with E-state index in [1.807, 2.05) is 6.20 Å². The fourth-order valence-corrected chi connectivity index (χ4v) is 3.32. The van der Waals surface area contributed by atoms with Gasteiger partial charge in [0.2, 0.25) is 0 Å². The van der Waals surface area contributed by atoms with Crippen molar-refractivity contribution in [2.75, 3.05) is 26.3 Å². The molecule has 0 spiro atoms. The second-order valence-corrected chi connectivity index (χ2v) is 6.79. The molecule has 132 valence electrons. The van der Waals surface area contributed by atoms with Gasteiger partial charge in [-0.25, -0.2) is 0 Å². The first kappa shape index (κ1) is 22.0. The topological polar surface area (TPSA) is 7.68 Å². The van der Waals surface area contributed by atoms with Gasteiger partial charge in [-0.15, -0.1) is 0 Å². The van der Waals surface area contributed by atoms with Crippen molar-refractivity contribution < 1.29 is 21.9 Å². The highest BCUT2D eigenvalue weighted by molar-refractivity contribution is 4.69. The average molecular weight is 375 g/mol. The predicted molar refractivity (Wildman–Crippen MR) is 93.5 cm³/mol. The van der Waals surface area contributed by atoms with Gasteiger partial charge < -0.3 is 26.8 Å². The summed E-state index contributed by atoms with van der Waals surface area (Å²) in [5.41, 5.74) is 0. The quantitative estimate of drug-likeness (QED) is 0.445. The SMILES string of the molecule is C=CN1CC[NH+](CCCCCCCCCCCCCC)C1.[Br-]. The van der Waals surface area contributed by atoms with E-state index in [-0.39, 0.29) is 17.0 Å². The standard InChI is InChI=1S/C19H38N2.BrH/c1-3-5-6-7-8-9-10-11-12-13-14-15-16-21-18-17-20(4-2)19-21;/h4H,2-3,5-19H2,1H3;1H. The first-order chi connectivity index (χ1) is 10.4. The molecule has 1 N–H and O–H groups in total. The number of quaternary nitrogens is 1. The molecule has 1 fully saturated rings. The molecule has 1 aliphatic heterocycles. The van der Waals surface area contributed by atoms with Crippen LogP contribution < -0.4 is 21.9 Å². The molecule has 3 heteroatoms. The van der Waals surface area contributed by atoms with Gasteiger partial charge in [-0.2, -0.15) is 0 Å². The molecule has 0 amide bonds. The zero-order chi connectivity index (χ0) is 15.2. The highest BCUT2D eigenvalue weighted by Crippen LogP contribution is 2.11. The highest BCUT2D eigenvalue weighted by Gasteiger charge is 2.19. The lowest BCUT2D eigenvalue weighted by atomic mass is 10.1. The lowest BCUT2D eigenvalue weighted by molar-refractivity contribution is -0.891. The van der Waals surface area contributed by atoms with Crippen molar-refractivity contribution >= 4 is 0 Å². The molecule has 0 aromatic carbocycles. The van der Waals surface area contributed by atoms with Gasteiger partial charge in [0.05, 0.1) is 19.6 Å².